The van der Waals surface area contributed by atoms with Crippen LogP contribution in [0.5, 0.6) is 5.75 Å². The molecule has 3 rings (SSSR count). The molecule has 0 bridgehead atoms. The van der Waals surface area contributed by atoms with Gasteiger partial charge in [0.25, 0.3) is 17.5 Å². The first-order valence-electron chi connectivity index (χ1n) is 8.46. The topological polar surface area (TPSA) is 125 Å². The van der Waals surface area contributed by atoms with Gasteiger partial charge in [-0.25, -0.2) is 0 Å². The smallest absolute Gasteiger partial charge is 0.269 e. The van der Waals surface area contributed by atoms with Crippen LogP contribution >= 0.6 is 11.3 Å². The van der Waals surface area contributed by atoms with Crippen LogP contribution in [-0.4, -0.2) is 23.3 Å². The van der Waals surface area contributed by atoms with Gasteiger partial charge in [-0.15, -0.1) is 11.3 Å². The second-order valence-electron chi connectivity index (χ2n) is 6.51. The summed E-state index contributed by atoms with van der Waals surface area (Å²) < 4.78 is 5.35. The van der Waals surface area contributed by atoms with E-state index in [-0.39, 0.29) is 12.3 Å². The molecule has 1 aliphatic carbocycles. The molecule has 0 saturated heterocycles. The molecule has 9 heteroatoms. The molecule has 0 fully saturated rings. The normalized spacial score (nSPS) is 15.7. The Hall–Kier alpha value is -2.94. The lowest BCUT2D eigenvalue weighted by Gasteiger charge is -2.18. The number of nitro groups is 1. The number of benzene rings is 1. The summed E-state index contributed by atoms with van der Waals surface area (Å²) in [6, 6.07) is 5.44. The number of nitrogens with one attached hydrogen (secondary N) is 1. The largest absolute Gasteiger partial charge is 0.484 e. The number of carbonyl (C=O) groups excluding carboxylic acids is 2. The lowest BCUT2D eigenvalue weighted by molar-refractivity contribution is -0.384. The van der Waals surface area contributed by atoms with E-state index < -0.39 is 16.7 Å². The Morgan fingerprint density at radius 1 is 1.37 bits per heavy atom. The van der Waals surface area contributed by atoms with Crippen LogP contribution in [0.4, 0.5) is 10.7 Å². The highest BCUT2D eigenvalue weighted by Gasteiger charge is 2.27. The molecule has 8 nitrogen and oxygen atoms in total. The molecule has 1 aliphatic rings. The standard InChI is InChI=1S/C18H19N3O5S/c1-10-2-7-13-14(8-10)27-18(16(13)17(19)23)20-15(22)9-26-12-5-3-11(4-6-12)21(24)25/h3-6,10H,2,7-9H2,1H3,(H2,19,23)(H,20,22)/t10-/m0/s1. The van der Waals surface area contributed by atoms with Gasteiger partial charge in [0, 0.05) is 17.0 Å². The number of primary amides is 1. The van der Waals surface area contributed by atoms with E-state index in [0.717, 1.165) is 29.7 Å². The van der Waals surface area contributed by atoms with Crippen LogP contribution in [0.25, 0.3) is 0 Å². The zero-order valence-corrected chi connectivity index (χ0v) is 15.5. The van der Waals surface area contributed by atoms with Gasteiger partial charge in [-0.05, 0) is 42.9 Å². The first kappa shape index (κ1) is 18.8. The summed E-state index contributed by atoms with van der Waals surface area (Å²) in [4.78, 5) is 35.3. The molecule has 2 aromatic rings. The number of non-ortho nitro benzene ring substituents is 1. The SMILES string of the molecule is C[C@H]1CCc2c(sc(NC(=O)COc3ccc([N+](=O)[O-])cc3)c2C(N)=O)C1. The van der Waals surface area contributed by atoms with Crippen LogP contribution in [-0.2, 0) is 17.6 Å². The van der Waals surface area contributed by atoms with Crippen LogP contribution < -0.4 is 15.8 Å². The molecule has 1 heterocycles. The minimum absolute atomic E-state index is 0.0590. The number of anilines is 1. The average molecular weight is 389 g/mol. The van der Waals surface area contributed by atoms with Crippen molar-refractivity contribution < 1.29 is 19.2 Å². The van der Waals surface area contributed by atoms with E-state index in [2.05, 4.69) is 12.2 Å². The third kappa shape index (κ3) is 4.25. The van der Waals surface area contributed by atoms with Gasteiger partial charge in [-0.2, -0.15) is 0 Å². The quantitative estimate of drug-likeness (QED) is 0.580. The minimum atomic E-state index is -0.548. The number of nitrogens with zero attached hydrogens (tertiary/aromatic N) is 1. The van der Waals surface area contributed by atoms with Crippen molar-refractivity contribution in [3.63, 3.8) is 0 Å². The summed E-state index contributed by atoms with van der Waals surface area (Å²) in [7, 11) is 0. The predicted octanol–water partition coefficient (Wildman–Crippen LogP) is 2.90. The third-order valence-electron chi connectivity index (χ3n) is 4.43. The summed E-state index contributed by atoms with van der Waals surface area (Å²) in [5.41, 5.74) is 6.80. The first-order valence-corrected chi connectivity index (χ1v) is 9.28. The molecule has 0 unspecified atom stereocenters. The highest BCUT2D eigenvalue weighted by Crippen LogP contribution is 2.39. The maximum atomic E-state index is 12.2. The van der Waals surface area contributed by atoms with Crippen LogP contribution in [0.2, 0.25) is 0 Å². The Labute approximate surface area is 159 Å². The van der Waals surface area contributed by atoms with E-state index in [1.807, 2.05) is 0 Å². The van der Waals surface area contributed by atoms with Crippen molar-refractivity contribution in [2.75, 3.05) is 11.9 Å². The third-order valence-corrected chi connectivity index (χ3v) is 5.60. The van der Waals surface area contributed by atoms with Crippen molar-refractivity contribution in [2.24, 2.45) is 11.7 Å². The highest BCUT2D eigenvalue weighted by molar-refractivity contribution is 7.17. The van der Waals surface area contributed by atoms with Gasteiger partial charge in [-0.1, -0.05) is 6.92 Å². The van der Waals surface area contributed by atoms with E-state index in [0.29, 0.717) is 22.2 Å². The Morgan fingerprint density at radius 2 is 2.07 bits per heavy atom. The van der Waals surface area contributed by atoms with Crippen molar-refractivity contribution in [3.05, 3.63) is 50.4 Å². The Balaban J connectivity index is 1.67. The average Bonchev–Trinajstić information content (AvgIpc) is 2.97. The molecule has 0 radical (unpaired) electrons. The summed E-state index contributed by atoms with van der Waals surface area (Å²) in [6.07, 6.45) is 2.64. The van der Waals surface area contributed by atoms with E-state index in [1.165, 1.54) is 35.6 Å². The van der Waals surface area contributed by atoms with Crippen LogP contribution in [0, 0.1) is 16.0 Å². The molecule has 1 aromatic carbocycles. The van der Waals surface area contributed by atoms with Crippen molar-refractivity contribution in [1.29, 1.82) is 0 Å². The Bertz CT molecular complexity index is 891. The van der Waals surface area contributed by atoms with Crippen molar-refractivity contribution >= 4 is 33.8 Å². The summed E-state index contributed by atoms with van der Waals surface area (Å²) in [5.74, 6) is -0.104. The number of nitro benzene ring substituents is 1. The van der Waals surface area contributed by atoms with Gasteiger partial charge < -0.3 is 15.8 Å². The molecule has 1 aromatic heterocycles. The lowest BCUT2D eigenvalue weighted by atomic mass is 9.88. The maximum absolute atomic E-state index is 12.2. The number of nitrogens with two attached hydrogens (primary N) is 1. The molecule has 0 aliphatic heterocycles. The highest BCUT2D eigenvalue weighted by atomic mass is 32.1. The Morgan fingerprint density at radius 3 is 2.70 bits per heavy atom. The molecule has 27 heavy (non-hydrogen) atoms. The zero-order chi connectivity index (χ0) is 19.6. The number of rotatable bonds is 6. The van der Waals surface area contributed by atoms with Gasteiger partial charge in [0.15, 0.2) is 6.61 Å². The molecule has 3 N–H and O–H groups in total. The summed E-state index contributed by atoms with van der Waals surface area (Å²) in [5, 5.41) is 13.8. The molecule has 0 saturated carbocycles. The number of hydrogen-bond donors (Lipinski definition) is 2. The van der Waals surface area contributed by atoms with Crippen molar-refractivity contribution in [3.8, 4) is 5.75 Å². The zero-order valence-electron chi connectivity index (χ0n) is 14.7. The minimum Gasteiger partial charge on any atom is -0.484 e. The van der Waals surface area contributed by atoms with Gasteiger partial charge in [0.2, 0.25) is 0 Å². The Kier molecular flexibility index (Phi) is 5.41. The molecule has 142 valence electrons. The maximum Gasteiger partial charge on any atom is 0.269 e. The molecule has 0 spiro atoms. The fourth-order valence-electron chi connectivity index (χ4n) is 3.08. The predicted molar refractivity (Wildman–Crippen MR) is 101 cm³/mol. The van der Waals surface area contributed by atoms with Gasteiger partial charge in [0.1, 0.15) is 10.8 Å². The lowest BCUT2D eigenvalue weighted by Crippen LogP contribution is -2.22. The van der Waals surface area contributed by atoms with E-state index in [4.69, 9.17) is 10.5 Å². The fourth-order valence-corrected chi connectivity index (χ4v) is 4.51. The second-order valence-corrected chi connectivity index (χ2v) is 7.61. The van der Waals surface area contributed by atoms with Crippen molar-refractivity contribution in [2.45, 2.75) is 26.2 Å². The van der Waals surface area contributed by atoms with Crippen LogP contribution in [0.1, 0.15) is 34.1 Å². The fraction of sp³-hybridized carbons (Fsp3) is 0.333. The van der Waals surface area contributed by atoms with Gasteiger partial charge >= 0.3 is 0 Å². The summed E-state index contributed by atoms with van der Waals surface area (Å²) >= 11 is 1.39. The first-order chi connectivity index (χ1) is 12.8. The molecular formula is C18H19N3O5S. The van der Waals surface area contributed by atoms with Crippen LogP contribution in [0.15, 0.2) is 24.3 Å². The van der Waals surface area contributed by atoms with Crippen molar-refractivity contribution in [1.82, 2.24) is 0 Å². The van der Waals surface area contributed by atoms with E-state index >= 15 is 0 Å². The van der Waals surface area contributed by atoms with Gasteiger partial charge in [-0.3, -0.25) is 19.7 Å². The number of amides is 2. The number of fused-ring (bicyclic) bond motifs is 1. The number of hydrogen-bond acceptors (Lipinski definition) is 6. The van der Waals surface area contributed by atoms with Gasteiger partial charge in [0.05, 0.1) is 10.5 Å². The molecule has 1 atom stereocenters. The second kappa shape index (κ2) is 7.75. The van der Waals surface area contributed by atoms with E-state index in [1.54, 1.807) is 0 Å². The number of thiophene rings is 1. The summed E-state index contributed by atoms with van der Waals surface area (Å²) in [6.45, 7) is 1.87. The number of ether oxygens (including phenoxy) is 1. The monoisotopic (exact) mass is 389 g/mol. The molecule has 2 amide bonds. The van der Waals surface area contributed by atoms with Crippen LogP contribution in [0.3, 0.4) is 0 Å². The molecular weight excluding hydrogens is 370 g/mol. The number of carbonyl (C=O) groups is 2. The van der Waals surface area contributed by atoms with E-state index in [9.17, 15) is 19.7 Å².